The first-order valence-corrected chi connectivity index (χ1v) is 16.9. The Hall–Kier alpha value is -4.27. The zero-order chi connectivity index (χ0) is 32.5. The van der Waals surface area contributed by atoms with E-state index in [4.69, 9.17) is 5.41 Å². The summed E-state index contributed by atoms with van der Waals surface area (Å²) in [5.74, 6) is 0.308. The van der Waals surface area contributed by atoms with E-state index in [1.54, 1.807) is 12.1 Å². The Morgan fingerprint density at radius 2 is 1.33 bits per heavy atom. The second-order valence-electron chi connectivity index (χ2n) is 12.2. The smallest absolute Gasteiger partial charge is 0.323 e. The zero-order valence-electron chi connectivity index (χ0n) is 26.6. The molecule has 0 unspecified atom stereocenters. The summed E-state index contributed by atoms with van der Waals surface area (Å²) in [6, 6.07) is 32.5. The van der Waals surface area contributed by atoms with E-state index in [0.717, 1.165) is 40.7 Å². The maximum Gasteiger partial charge on any atom is 0.323 e. The third kappa shape index (κ3) is 9.61. The van der Waals surface area contributed by atoms with Gasteiger partial charge >= 0.3 is 6.03 Å². The van der Waals surface area contributed by atoms with Crippen molar-refractivity contribution in [3.8, 4) is 11.1 Å². The van der Waals surface area contributed by atoms with E-state index in [9.17, 15) is 13.2 Å². The maximum atomic E-state index is 12.8. The molecule has 0 saturated carbocycles. The predicted octanol–water partition coefficient (Wildman–Crippen LogP) is 7.91. The van der Waals surface area contributed by atoms with Crippen molar-refractivity contribution >= 4 is 21.9 Å². The number of aryl methyl sites for hydroxylation is 1. The Labute approximate surface area is 269 Å². The van der Waals surface area contributed by atoms with Crippen LogP contribution >= 0.6 is 0 Å². The van der Waals surface area contributed by atoms with Gasteiger partial charge in [-0.1, -0.05) is 112 Å². The molecule has 2 amide bonds. The number of amidine groups is 1. The molecule has 238 valence electrons. The first-order chi connectivity index (χ1) is 21.5. The van der Waals surface area contributed by atoms with Gasteiger partial charge in [-0.25, -0.2) is 17.9 Å². The number of nitrogens with zero attached hydrogens (tertiary/aromatic N) is 1. The number of hydrogen-bond acceptors (Lipinski definition) is 4. The number of hydrogen-bond donors (Lipinski definition) is 3. The molecular weight excluding hydrogens is 580 g/mol. The summed E-state index contributed by atoms with van der Waals surface area (Å²) >= 11 is 0. The number of rotatable bonds is 12. The molecule has 3 N–H and O–H groups in total. The molecular formula is C37H46N4O3S. The van der Waals surface area contributed by atoms with Gasteiger partial charge in [0.2, 0.25) is 10.0 Å². The quantitative estimate of drug-likeness (QED) is 0.110. The van der Waals surface area contributed by atoms with Crippen LogP contribution in [0.15, 0.2) is 108 Å². The van der Waals surface area contributed by atoms with Crippen LogP contribution < -0.4 is 10.0 Å². The molecule has 0 saturated heterocycles. The number of urea groups is 1. The molecule has 0 aromatic heterocycles. The average Bonchev–Trinajstić information content (AvgIpc) is 3.04. The number of carbonyl (C=O) groups excluding carboxylic acids is 1. The molecule has 4 aromatic carbocycles. The Balaban J connectivity index is 0.00000576. The van der Waals surface area contributed by atoms with E-state index in [-0.39, 0.29) is 24.3 Å². The number of amides is 2. The van der Waals surface area contributed by atoms with Gasteiger partial charge in [0.25, 0.3) is 0 Å². The van der Waals surface area contributed by atoms with Gasteiger partial charge in [-0.2, -0.15) is 0 Å². The highest BCUT2D eigenvalue weighted by atomic mass is 32.2. The molecule has 0 aliphatic carbocycles. The topological polar surface area (TPSA) is 102 Å². The van der Waals surface area contributed by atoms with Crippen molar-refractivity contribution in [1.82, 2.24) is 14.9 Å². The molecule has 0 aliphatic rings. The first kappa shape index (κ1) is 33.6. The Morgan fingerprint density at radius 1 is 0.778 bits per heavy atom. The molecule has 0 heterocycles. The molecule has 0 atom stereocenters. The van der Waals surface area contributed by atoms with E-state index in [1.807, 2.05) is 73.7 Å². The fraction of sp³-hybridized carbons (Fsp3) is 0.297. The highest BCUT2D eigenvalue weighted by Crippen LogP contribution is 2.24. The van der Waals surface area contributed by atoms with Crippen LogP contribution in [0.25, 0.3) is 11.1 Å². The van der Waals surface area contributed by atoms with Crippen molar-refractivity contribution in [3.05, 3.63) is 125 Å². The van der Waals surface area contributed by atoms with E-state index in [2.05, 4.69) is 55.1 Å². The van der Waals surface area contributed by atoms with Gasteiger partial charge in [0, 0.05) is 27.5 Å². The third-order valence-electron chi connectivity index (χ3n) is 7.79. The largest absolute Gasteiger partial charge is 0.334 e. The van der Waals surface area contributed by atoms with Crippen molar-refractivity contribution in [2.24, 2.45) is 0 Å². The Bertz CT molecular complexity index is 1670. The first-order valence-electron chi connectivity index (χ1n) is 15.4. The van der Waals surface area contributed by atoms with Crippen LogP contribution in [0, 0.1) is 5.41 Å². The number of carbonyl (C=O) groups is 1. The molecule has 0 spiro atoms. The Kier molecular flexibility index (Phi) is 11.3. The van der Waals surface area contributed by atoms with Crippen LogP contribution in [0.2, 0.25) is 0 Å². The lowest BCUT2D eigenvalue weighted by molar-refractivity contribution is 0.221. The van der Waals surface area contributed by atoms with Gasteiger partial charge in [0.1, 0.15) is 5.84 Å². The van der Waals surface area contributed by atoms with Crippen LogP contribution in [0.4, 0.5) is 4.79 Å². The zero-order valence-corrected chi connectivity index (χ0v) is 27.5. The molecule has 0 fully saturated rings. The highest BCUT2D eigenvalue weighted by molar-refractivity contribution is 7.89. The minimum atomic E-state index is -3.61. The molecule has 0 radical (unpaired) electrons. The summed E-state index contributed by atoms with van der Waals surface area (Å²) in [5, 5.41) is 11.5. The standard InChI is InChI=1S/C37H44N4O3S.H2/c1-5-41(36(42)39-26-30-16-22-33(23-17-30)37(2,3)4)35(38)13-9-12-28-14-18-31(19-15-28)32-20-24-34(25-21-32)45(43,44)40-27-29-10-7-6-8-11-29;/h6-8,10-11,14-25,38,40H,5,9,12-13,26-27H2,1-4H3,(H,39,42);1H. The molecule has 8 heteroatoms. The second kappa shape index (κ2) is 15.1. The number of benzene rings is 4. The van der Waals surface area contributed by atoms with Gasteiger partial charge in [0.05, 0.1) is 4.90 Å². The van der Waals surface area contributed by atoms with Crippen molar-refractivity contribution in [2.75, 3.05) is 6.54 Å². The van der Waals surface area contributed by atoms with Crippen LogP contribution in [0.3, 0.4) is 0 Å². The maximum absolute atomic E-state index is 12.8. The van der Waals surface area contributed by atoms with Gasteiger partial charge in [-0.3, -0.25) is 10.3 Å². The van der Waals surface area contributed by atoms with E-state index < -0.39 is 10.0 Å². The van der Waals surface area contributed by atoms with E-state index in [1.165, 1.54) is 10.5 Å². The summed E-state index contributed by atoms with van der Waals surface area (Å²) in [6.45, 7) is 9.50. The van der Waals surface area contributed by atoms with Gasteiger partial charge in [-0.05, 0) is 70.7 Å². The highest BCUT2D eigenvalue weighted by Gasteiger charge is 2.17. The second-order valence-corrected chi connectivity index (χ2v) is 13.9. The monoisotopic (exact) mass is 626 g/mol. The summed E-state index contributed by atoms with van der Waals surface area (Å²) in [7, 11) is -3.61. The molecule has 0 aliphatic heterocycles. The number of nitrogens with one attached hydrogen (secondary N) is 3. The lowest BCUT2D eigenvalue weighted by Gasteiger charge is -2.22. The number of sulfonamides is 1. The van der Waals surface area contributed by atoms with Crippen molar-refractivity contribution in [1.29, 1.82) is 5.41 Å². The lowest BCUT2D eigenvalue weighted by Crippen LogP contribution is -2.43. The van der Waals surface area contributed by atoms with Crippen LogP contribution in [-0.2, 0) is 34.9 Å². The summed E-state index contributed by atoms with van der Waals surface area (Å²) in [4.78, 5) is 14.5. The van der Waals surface area contributed by atoms with Crippen LogP contribution in [0.5, 0.6) is 0 Å². The molecule has 0 bridgehead atoms. The molecule has 4 aromatic rings. The van der Waals surface area contributed by atoms with Crippen molar-refractivity contribution < 1.29 is 14.6 Å². The minimum absolute atomic E-state index is 0. The summed E-state index contributed by atoms with van der Waals surface area (Å²) < 4.78 is 28.1. The lowest BCUT2D eigenvalue weighted by atomic mass is 9.87. The summed E-state index contributed by atoms with van der Waals surface area (Å²) in [5.41, 5.74) is 6.32. The van der Waals surface area contributed by atoms with Gasteiger partial charge < -0.3 is 5.32 Å². The minimum Gasteiger partial charge on any atom is -0.334 e. The van der Waals surface area contributed by atoms with E-state index in [0.29, 0.717) is 25.3 Å². The predicted molar refractivity (Wildman–Crippen MR) is 185 cm³/mol. The molecule has 4 rings (SSSR count). The summed E-state index contributed by atoms with van der Waals surface area (Å²) in [6.07, 6.45) is 2.03. The van der Waals surface area contributed by atoms with E-state index >= 15 is 0 Å². The van der Waals surface area contributed by atoms with Crippen LogP contribution in [-0.4, -0.2) is 31.7 Å². The Morgan fingerprint density at radius 3 is 1.91 bits per heavy atom. The molecule has 7 nitrogen and oxygen atoms in total. The third-order valence-corrected chi connectivity index (χ3v) is 9.21. The van der Waals surface area contributed by atoms with Gasteiger partial charge in [0.15, 0.2) is 0 Å². The van der Waals surface area contributed by atoms with Crippen molar-refractivity contribution in [3.63, 3.8) is 0 Å². The van der Waals surface area contributed by atoms with Gasteiger partial charge in [-0.15, -0.1) is 0 Å². The van der Waals surface area contributed by atoms with Crippen molar-refractivity contribution in [2.45, 2.75) is 70.4 Å². The normalized spacial score (nSPS) is 11.6. The fourth-order valence-corrected chi connectivity index (χ4v) is 6.01. The fourth-order valence-electron chi connectivity index (χ4n) is 5.00. The molecule has 45 heavy (non-hydrogen) atoms. The van der Waals surface area contributed by atoms with Crippen LogP contribution in [0.1, 0.15) is 64.2 Å². The SMILES string of the molecule is CCN(C(=N)CCCc1ccc(-c2ccc(S(=O)(=O)NCc3ccccc3)cc2)cc1)C(=O)NCc1ccc(C(C)(C)C)cc1.[HH]. The average molecular weight is 627 g/mol.